The van der Waals surface area contributed by atoms with E-state index in [9.17, 15) is 0 Å². The Morgan fingerprint density at radius 3 is 2.72 bits per heavy atom. The first-order valence-corrected chi connectivity index (χ1v) is 12.0. The Balaban J connectivity index is 1.37. The van der Waals surface area contributed by atoms with Gasteiger partial charge in [-0.15, -0.1) is 0 Å². The van der Waals surface area contributed by atoms with Gasteiger partial charge in [-0.05, 0) is 87.4 Å². The fraction of sp³-hybridized carbons (Fsp3) is 0.800. The maximum absolute atomic E-state index is 4.81. The van der Waals surface area contributed by atoms with Crippen LogP contribution in [0.4, 0.5) is 0 Å². The van der Waals surface area contributed by atoms with E-state index < -0.39 is 0 Å². The van der Waals surface area contributed by atoms with Crippen molar-refractivity contribution in [1.29, 1.82) is 0 Å². The van der Waals surface area contributed by atoms with Crippen molar-refractivity contribution < 1.29 is 0 Å². The van der Waals surface area contributed by atoms with Gasteiger partial charge in [0.25, 0.3) is 0 Å². The molecule has 4 nitrogen and oxygen atoms in total. The third-order valence-electron chi connectivity index (χ3n) is 9.97. The van der Waals surface area contributed by atoms with Crippen LogP contribution in [0.25, 0.3) is 0 Å². The van der Waals surface area contributed by atoms with E-state index in [1.54, 1.807) is 0 Å². The second-order valence-corrected chi connectivity index (χ2v) is 11.0. The van der Waals surface area contributed by atoms with Crippen LogP contribution in [-0.4, -0.2) is 21.7 Å². The van der Waals surface area contributed by atoms with Crippen LogP contribution in [0.2, 0.25) is 0 Å². The standard InChI is InChI=1S/C25H38N4/c1-17-18(16-27-29(17)4)15-26-28-23-11-10-21-20-9-8-19-7-5-6-13-24(19,2)22(20)12-14-25(21,23)3/h15-16,19-22H,5-14H2,1-4H3/b26-15-,28-23-/t19-,20+,21+,22+,24-,25+/m0/s1. The third-order valence-corrected chi connectivity index (χ3v) is 9.97. The molecule has 0 saturated heterocycles. The number of nitrogens with zero attached hydrogens (tertiary/aromatic N) is 4. The molecular formula is C25H38N4. The van der Waals surface area contributed by atoms with Crippen LogP contribution < -0.4 is 0 Å². The zero-order chi connectivity index (χ0) is 20.2. The van der Waals surface area contributed by atoms with Crippen LogP contribution in [0.5, 0.6) is 0 Å². The number of hydrogen-bond acceptors (Lipinski definition) is 3. The van der Waals surface area contributed by atoms with E-state index in [2.05, 4.69) is 31.0 Å². The third kappa shape index (κ3) is 2.96. The quantitative estimate of drug-likeness (QED) is 0.452. The van der Waals surface area contributed by atoms with E-state index in [0.29, 0.717) is 5.41 Å². The molecule has 0 radical (unpaired) electrons. The van der Waals surface area contributed by atoms with Crippen molar-refractivity contribution in [2.45, 2.75) is 85.0 Å². The smallest absolute Gasteiger partial charge is 0.0602 e. The van der Waals surface area contributed by atoms with Crippen LogP contribution in [0.15, 0.2) is 16.4 Å². The summed E-state index contributed by atoms with van der Waals surface area (Å²) in [7, 11) is 1.97. The highest BCUT2D eigenvalue weighted by Gasteiger charge is 2.58. The van der Waals surface area contributed by atoms with Crippen molar-refractivity contribution in [1.82, 2.24) is 9.78 Å². The maximum Gasteiger partial charge on any atom is 0.0602 e. The second-order valence-electron chi connectivity index (χ2n) is 11.0. The molecule has 1 aromatic heterocycles. The van der Waals surface area contributed by atoms with Crippen molar-refractivity contribution in [3.63, 3.8) is 0 Å². The summed E-state index contributed by atoms with van der Waals surface area (Å²) in [5.41, 5.74) is 4.49. The first-order valence-electron chi connectivity index (χ1n) is 12.0. The van der Waals surface area contributed by atoms with E-state index in [0.717, 1.165) is 41.3 Å². The summed E-state index contributed by atoms with van der Waals surface area (Å²) in [6.07, 6.45) is 17.9. The molecule has 0 aromatic carbocycles. The summed E-state index contributed by atoms with van der Waals surface area (Å²) < 4.78 is 1.89. The van der Waals surface area contributed by atoms with Gasteiger partial charge in [0, 0.05) is 29.4 Å². The van der Waals surface area contributed by atoms with Crippen LogP contribution in [0.1, 0.15) is 89.3 Å². The molecule has 158 valence electrons. The first kappa shape index (κ1) is 19.5. The average molecular weight is 395 g/mol. The zero-order valence-corrected chi connectivity index (χ0v) is 18.8. The van der Waals surface area contributed by atoms with Gasteiger partial charge >= 0.3 is 0 Å². The van der Waals surface area contributed by atoms with Crippen LogP contribution in [0.3, 0.4) is 0 Å². The zero-order valence-electron chi connectivity index (χ0n) is 18.8. The minimum Gasteiger partial charge on any atom is -0.272 e. The number of fused-ring (bicyclic) bond motifs is 5. The molecule has 0 N–H and O–H groups in total. The Kier molecular flexibility index (Phi) is 4.75. The van der Waals surface area contributed by atoms with E-state index in [1.807, 2.05) is 24.1 Å². The van der Waals surface area contributed by atoms with Crippen molar-refractivity contribution in [2.24, 2.45) is 51.8 Å². The molecule has 0 bridgehead atoms. The fourth-order valence-corrected chi connectivity index (χ4v) is 8.05. The summed E-state index contributed by atoms with van der Waals surface area (Å²) in [6, 6.07) is 0. The van der Waals surface area contributed by atoms with Crippen molar-refractivity contribution in [3.8, 4) is 0 Å². The summed E-state index contributed by atoms with van der Waals surface area (Å²) in [5, 5.41) is 13.6. The minimum atomic E-state index is 0.278. The van der Waals surface area contributed by atoms with Gasteiger partial charge < -0.3 is 0 Å². The van der Waals surface area contributed by atoms with Gasteiger partial charge in [-0.2, -0.15) is 15.3 Å². The lowest BCUT2D eigenvalue weighted by atomic mass is 9.45. The molecule has 5 rings (SSSR count). The molecule has 0 unspecified atom stereocenters. The Bertz CT molecular complexity index is 836. The van der Waals surface area contributed by atoms with Crippen molar-refractivity contribution in [3.05, 3.63) is 17.5 Å². The molecule has 0 amide bonds. The highest BCUT2D eigenvalue weighted by Crippen LogP contribution is 2.65. The molecule has 0 spiro atoms. The molecule has 4 aliphatic rings. The lowest BCUT2D eigenvalue weighted by Gasteiger charge is -2.59. The Morgan fingerprint density at radius 2 is 1.93 bits per heavy atom. The van der Waals surface area contributed by atoms with Gasteiger partial charge in [0.15, 0.2) is 0 Å². The van der Waals surface area contributed by atoms with Crippen LogP contribution in [-0.2, 0) is 7.05 Å². The summed E-state index contributed by atoms with van der Waals surface area (Å²) in [6.45, 7) is 7.26. The number of hydrogen-bond donors (Lipinski definition) is 0. The van der Waals surface area contributed by atoms with Crippen molar-refractivity contribution >= 4 is 11.9 Å². The van der Waals surface area contributed by atoms with E-state index in [4.69, 9.17) is 5.10 Å². The fourth-order valence-electron chi connectivity index (χ4n) is 8.05. The average Bonchev–Trinajstić information content (AvgIpc) is 3.21. The van der Waals surface area contributed by atoms with E-state index >= 15 is 0 Å². The predicted octanol–water partition coefficient (Wildman–Crippen LogP) is 5.94. The van der Waals surface area contributed by atoms with Gasteiger partial charge in [0.1, 0.15) is 0 Å². The Morgan fingerprint density at radius 1 is 1.07 bits per heavy atom. The largest absolute Gasteiger partial charge is 0.272 e. The monoisotopic (exact) mass is 394 g/mol. The lowest BCUT2D eigenvalue weighted by molar-refractivity contribution is -0.0936. The minimum absolute atomic E-state index is 0.278. The maximum atomic E-state index is 4.81. The van der Waals surface area contributed by atoms with Gasteiger partial charge in [0.2, 0.25) is 0 Å². The molecule has 6 atom stereocenters. The van der Waals surface area contributed by atoms with E-state index in [1.165, 1.54) is 63.5 Å². The van der Waals surface area contributed by atoms with Crippen LogP contribution >= 0.6 is 0 Å². The molecule has 4 heteroatoms. The molecule has 1 aromatic rings. The molecule has 0 aliphatic heterocycles. The Hall–Kier alpha value is -1.45. The highest BCUT2D eigenvalue weighted by atomic mass is 15.3. The first-order chi connectivity index (χ1) is 13.9. The van der Waals surface area contributed by atoms with Gasteiger partial charge in [-0.1, -0.05) is 26.7 Å². The molecule has 1 heterocycles. The summed E-state index contributed by atoms with van der Waals surface area (Å²) >= 11 is 0. The SMILES string of the molecule is Cc1c(/C=N\N=C2\CC[C@@H]3[C@H]4CC[C@@H]5CCCC[C@]5(C)[C@@H]4CC[C@@]23C)cnn1C. The van der Waals surface area contributed by atoms with Gasteiger partial charge in [0.05, 0.1) is 12.4 Å². The number of aryl methyl sites for hydroxylation is 1. The predicted molar refractivity (Wildman–Crippen MR) is 119 cm³/mol. The number of aromatic nitrogens is 2. The van der Waals surface area contributed by atoms with Gasteiger partial charge in [-0.3, -0.25) is 4.68 Å². The number of rotatable bonds is 2. The van der Waals surface area contributed by atoms with Crippen LogP contribution in [0, 0.1) is 41.4 Å². The molecule has 4 saturated carbocycles. The summed E-state index contributed by atoms with van der Waals surface area (Å²) in [4.78, 5) is 0. The molecule has 29 heavy (non-hydrogen) atoms. The highest BCUT2D eigenvalue weighted by molar-refractivity contribution is 5.93. The molecule has 4 fully saturated rings. The normalized spacial score (nSPS) is 43.4. The van der Waals surface area contributed by atoms with Crippen molar-refractivity contribution in [2.75, 3.05) is 0 Å². The van der Waals surface area contributed by atoms with Gasteiger partial charge in [-0.25, -0.2) is 0 Å². The Labute approximate surface area is 176 Å². The molecule has 4 aliphatic carbocycles. The second kappa shape index (κ2) is 7.06. The topological polar surface area (TPSA) is 42.5 Å². The lowest BCUT2D eigenvalue weighted by Crippen LogP contribution is -2.52. The summed E-state index contributed by atoms with van der Waals surface area (Å²) in [5.74, 6) is 3.71. The van der Waals surface area contributed by atoms with E-state index in [-0.39, 0.29) is 5.41 Å². The molecular weight excluding hydrogens is 356 g/mol.